The van der Waals surface area contributed by atoms with Gasteiger partial charge in [-0.2, -0.15) is 4.31 Å². The molecule has 5 rings (SSSR count). The first-order valence-electron chi connectivity index (χ1n) is 12.7. The molecule has 0 aliphatic carbocycles. The molecule has 0 unspecified atom stereocenters. The molecule has 9 heteroatoms. The van der Waals surface area contributed by atoms with Crippen LogP contribution in [-0.4, -0.2) is 60.4 Å². The van der Waals surface area contributed by atoms with Crippen LogP contribution in [0.25, 0.3) is 21.2 Å². The van der Waals surface area contributed by atoms with Crippen LogP contribution in [0.3, 0.4) is 0 Å². The molecule has 4 aromatic rings. The van der Waals surface area contributed by atoms with Crippen LogP contribution in [0.2, 0.25) is 0 Å². The highest BCUT2D eigenvalue weighted by Gasteiger charge is 2.24. The van der Waals surface area contributed by atoms with E-state index in [9.17, 15) is 18.0 Å². The van der Waals surface area contributed by atoms with Crippen LogP contribution in [0.15, 0.2) is 71.7 Å². The van der Waals surface area contributed by atoms with Gasteiger partial charge in [0, 0.05) is 73.1 Å². The van der Waals surface area contributed by atoms with Crippen molar-refractivity contribution in [3.8, 4) is 11.1 Å². The van der Waals surface area contributed by atoms with Crippen LogP contribution in [0.5, 0.6) is 0 Å². The summed E-state index contributed by atoms with van der Waals surface area (Å²) in [5.41, 5.74) is 3.59. The van der Waals surface area contributed by atoms with Crippen molar-refractivity contribution >= 4 is 37.2 Å². The minimum Gasteiger partial charge on any atom is -0.317 e. The summed E-state index contributed by atoms with van der Waals surface area (Å²) in [6, 6.07) is 19.6. The van der Waals surface area contributed by atoms with Crippen LogP contribution < -0.4 is 5.56 Å². The predicted octanol–water partition coefficient (Wildman–Crippen LogP) is 4.16. The van der Waals surface area contributed by atoms with E-state index >= 15 is 0 Å². The number of sulfonamides is 1. The van der Waals surface area contributed by atoms with Crippen molar-refractivity contribution in [1.82, 2.24) is 13.8 Å². The molecule has 0 saturated carbocycles. The van der Waals surface area contributed by atoms with Gasteiger partial charge >= 0.3 is 0 Å². The van der Waals surface area contributed by atoms with E-state index in [1.54, 1.807) is 23.0 Å². The summed E-state index contributed by atoms with van der Waals surface area (Å²) in [6.45, 7) is 2.92. The fourth-order valence-electron chi connectivity index (χ4n) is 4.93. The first-order valence-corrected chi connectivity index (χ1v) is 15.3. The Kier molecular flexibility index (Phi) is 7.63. The number of pyridine rings is 1. The molecule has 0 N–H and O–H groups in total. The van der Waals surface area contributed by atoms with Crippen molar-refractivity contribution in [1.29, 1.82) is 0 Å². The zero-order valence-corrected chi connectivity index (χ0v) is 23.2. The number of nitrogens with zero attached hydrogens (tertiary/aromatic N) is 3. The van der Waals surface area contributed by atoms with Gasteiger partial charge in [-0.3, -0.25) is 14.5 Å². The third kappa shape index (κ3) is 5.81. The predicted molar refractivity (Wildman–Crippen MR) is 153 cm³/mol. The van der Waals surface area contributed by atoms with E-state index in [1.807, 2.05) is 66.9 Å². The number of hydrogen-bond acceptors (Lipinski definition) is 6. The molecule has 2 aromatic heterocycles. The molecular weight excluding hydrogens is 518 g/mol. The number of carbonyl (C=O) groups is 1. The first kappa shape index (κ1) is 26.5. The summed E-state index contributed by atoms with van der Waals surface area (Å²) in [6.07, 6.45) is 4.23. The largest absolute Gasteiger partial charge is 0.317 e. The lowest BCUT2D eigenvalue weighted by molar-refractivity contribution is 0.0983. The molecular formula is C29H31N3O4S2. The lowest BCUT2D eigenvalue weighted by atomic mass is 9.98. The molecule has 38 heavy (non-hydrogen) atoms. The van der Waals surface area contributed by atoms with Gasteiger partial charge in [-0.05, 0) is 29.7 Å². The van der Waals surface area contributed by atoms with Crippen LogP contribution in [0, 0.1) is 0 Å². The van der Waals surface area contributed by atoms with Gasteiger partial charge in [-0.1, -0.05) is 48.5 Å². The Morgan fingerprint density at radius 1 is 0.974 bits per heavy atom. The summed E-state index contributed by atoms with van der Waals surface area (Å²) in [5, 5.41) is 0.667. The molecule has 198 valence electrons. The average molecular weight is 550 g/mol. The molecule has 7 nitrogen and oxygen atoms in total. The maximum Gasteiger partial charge on any atom is 0.259 e. The molecule has 1 aliphatic rings. The minimum absolute atomic E-state index is 0.0526. The molecule has 3 heterocycles. The number of fused-ring (bicyclic) bond motifs is 1. The van der Waals surface area contributed by atoms with E-state index in [0.29, 0.717) is 56.5 Å². The van der Waals surface area contributed by atoms with Gasteiger partial charge in [0.05, 0.1) is 11.6 Å². The Bertz CT molecular complexity index is 1630. The average Bonchev–Trinajstić information content (AvgIpc) is 3.33. The Morgan fingerprint density at radius 3 is 2.42 bits per heavy atom. The van der Waals surface area contributed by atoms with Crippen LogP contribution >= 0.6 is 11.3 Å². The second-order valence-corrected chi connectivity index (χ2v) is 13.0. The summed E-state index contributed by atoms with van der Waals surface area (Å²) in [5.74, 6) is 0.0943. The zero-order valence-electron chi connectivity index (χ0n) is 21.6. The normalized spacial score (nSPS) is 15.2. The monoisotopic (exact) mass is 549 g/mol. The Hall–Kier alpha value is -3.11. The molecule has 2 aromatic carbocycles. The van der Waals surface area contributed by atoms with Crippen LogP contribution in [-0.2, 0) is 30.0 Å². The van der Waals surface area contributed by atoms with E-state index in [-0.39, 0.29) is 11.3 Å². The molecule has 0 radical (unpaired) electrons. The fraction of sp³-hybridized carbons (Fsp3) is 0.310. The zero-order chi connectivity index (χ0) is 26.9. The molecule has 0 bridgehead atoms. The molecule has 0 amide bonds. The van der Waals surface area contributed by atoms with Crippen molar-refractivity contribution in [2.75, 3.05) is 32.4 Å². The van der Waals surface area contributed by atoms with Crippen molar-refractivity contribution in [2.45, 2.75) is 19.4 Å². The number of Topliss-reactive ketones (excluding diaryl/α,β-unsaturated/α-hetero) is 1. The van der Waals surface area contributed by atoms with Gasteiger partial charge in [-0.15, -0.1) is 11.3 Å². The van der Waals surface area contributed by atoms with E-state index in [2.05, 4.69) is 4.90 Å². The highest BCUT2D eigenvalue weighted by molar-refractivity contribution is 7.88. The standard InChI is InChI=1S/C29H31N3O4S2/c1-30-20-26(22-9-6-10-23(17-22)27(33)12-11-21-7-4-3-5-8-21)28-25(29(30)34)18-24(37-28)19-31-13-15-32(16-14-31)38(2,35)36/h3-10,17-18,20H,11-16,19H2,1-2H3. The Labute approximate surface area is 227 Å². The SMILES string of the molecule is Cn1cc(-c2cccc(C(=O)CCc3ccccc3)c2)c2sc(CN3CCN(S(C)(=O)=O)CC3)cc2c1=O. The third-order valence-electron chi connectivity index (χ3n) is 7.06. The number of rotatable bonds is 8. The van der Waals surface area contributed by atoms with Gasteiger partial charge < -0.3 is 4.57 Å². The highest BCUT2D eigenvalue weighted by Crippen LogP contribution is 2.34. The molecule has 1 fully saturated rings. The van der Waals surface area contributed by atoms with Crippen molar-refractivity contribution < 1.29 is 13.2 Å². The second kappa shape index (κ2) is 10.9. The van der Waals surface area contributed by atoms with E-state index < -0.39 is 10.0 Å². The number of aryl methyl sites for hydroxylation is 2. The van der Waals surface area contributed by atoms with Crippen LogP contribution in [0.1, 0.15) is 27.2 Å². The molecule has 0 atom stereocenters. The first-order chi connectivity index (χ1) is 18.2. The number of thiophene rings is 1. The summed E-state index contributed by atoms with van der Waals surface area (Å²) < 4.78 is 27.7. The van der Waals surface area contributed by atoms with Crippen LogP contribution in [0.4, 0.5) is 0 Å². The number of hydrogen-bond donors (Lipinski definition) is 0. The third-order valence-corrected chi connectivity index (χ3v) is 9.52. The van der Waals surface area contributed by atoms with Gasteiger partial charge in [0.1, 0.15) is 0 Å². The fourth-order valence-corrected chi connectivity index (χ4v) is 6.98. The van der Waals surface area contributed by atoms with Crippen molar-refractivity contribution in [3.63, 3.8) is 0 Å². The minimum atomic E-state index is -3.18. The number of benzene rings is 2. The van der Waals surface area contributed by atoms with E-state index in [1.165, 1.54) is 10.6 Å². The number of ketones is 1. The molecule has 1 saturated heterocycles. The number of carbonyl (C=O) groups excluding carboxylic acids is 1. The van der Waals surface area contributed by atoms with E-state index in [0.717, 1.165) is 26.3 Å². The maximum absolute atomic E-state index is 13.0. The van der Waals surface area contributed by atoms with E-state index in [4.69, 9.17) is 0 Å². The van der Waals surface area contributed by atoms with Gasteiger partial charge in [-0.25, -0.2) is 8.42 Å². The summed E-state index contributed by atoms with van der Waals surface area (Å²) in [7, 11) is -1.42. The quantitative estimate of drug-likeness (QED) is 0.309. The topological polar surface area (TPSA) is 79.7 Å². The number of piperazine rings is 1. The van der Waals surface area contributed by atoms with Gasteiger partial charge in [0.25, 0.3) is 5.56 Å². The number of aromatic nitrogens is 1. The van der Waals surface area contributed by atoms with Crippen molar-refractivity contribution in [3.05, 3.63) is 93.2 Å². The summed E-state index contributed by atoms with van der Waals surface area (Å²) in [4.78, 5) is 29.3. The lowest BCUT2D eigenvalue weighted by Gasteiger charge is -2.32. The maximum atomic E-state index is 13.0. The van der Waals surface area contributed by atoms with Crippen molar-refractivity contribution in [2.24, 2.45) is 7.05 Å². The highest BCUT2D eigenvalue weighted by atomic mass is 32.2. The summed E-state index contributed by atoms with van der Waals surface area (Å²) >= 11 is 1.59. The van der Waals surface area contributed by atoms with Gasteiger partial charge in [0.2, 0.25) is 10.0 Å². The Balaban J connectivity index is 1.39. The van der Waals surface area contributed by atoms with Gasteiger partial charge in [0.15, 0.2) is 5.78 Å². The molecule has 1 aliphatic heterocycles. The second-order valence-electron chi connectivity index (χ2n) is 9.84. The molecule has 0 spiro atoms. The lowest BCUT2D eigenvalue weighted by Crippen LogP contribution is -2.47. The Morgan fingerprint density at radius 2 is 1.71 bits per heavy atom. The smallest absolute Gasteiger partial charge is 0.259 e.